The van der Waals surface area contributed by atoms with Crippen molar-refractivity contribution in [2.75, 3.05) is 26.7 Å². The van der Waals surface area contributed by atoms with Crippen molar-refractivity contribution in [2.45, 2.75) is 96.9 Å². The van der Waals surface area contributed by atoms with Crippen molar-refractivity contribution < 1.29 is 23.1 Å². The molecule has 1 aliphatic heterocycles. The molecule has 3 aromatic rings. The summed E-state index contributed by atoms with van der Waals surface area (Å²) in [7, 11) is 1.69. The number of carbonyl (C=O) groups excluding carboxylic acids is 2. The Labute approximate surface area is 273 Å². The van der Waals surface area contributed by atoms with E-state index in [-0.39, 0.29) is 46.2 Å². The standard InChI is InChI=1S/C39H50F2N2O3/c1-26-25-42(21-22-43(26)37(45)29-23-33(38(2,3)4)36(46-8)34(24-29)39(5,6)7)35(44)12-10-9-11-32(27-13-17-30(40)18-14-27)28-15-19-31(41)20-16-28/h13-20,23-24,26,32H,9-12,21-22,25H2,1-8H3. The van der Waals surface area contributed by atoms with Crippen LogP contribution in [0.25, 0.3) is 0 Å². The molecule has 1 aliphatic rings. The minimum absolute atomic E-state index is 0.0126. The molecule has 0 N–H and O–H groups in total. The van der Waals surface area contributed by atoms with Crippen molar-refractivity contribution in [3.8, 4) is 5.75 Å². The van der Waals surface area contributed by atoms with E-state index in [1.807, 2.05) is 28.9 Å². The van der Waals surface area contributed by atoms with E-state index in [1.54, 1.807) is 31.4 Å². The highest BCUT2D eigenvalue weighted by molar-refractivity contribution is 5.95. The summed E-state index contributed by atoms with van der Waals surface area (Å²) in [4.78, 5) is 31.0. The quantitative estimate of drug-likeness (QED) is 0.222. The van der Waals surface area contributed by atoms with E-state index in [9.17, 15) is 18.4 Å². The number of ether oxygens (including phenoxy) is 1. The van der Waals surface area contributed by atoms with Crippen LogP contribution in [0, 0.1) is 11.6 Å². The number of amides is 2. The van der Waals surface area contributed by atoms with Crippen LogP contribution in [0.1, 0.15) is 113 Å². The third-order valence-electron chi connectivity index (χ3n) is 9.08. The molecule has 3 aromatic carbocycles. The average molecular weight is 633 g/mol. The molecule has 248 valence electrons. The molecule has 1 unspecified atom stereocenters. The van der Waals surface area contributed by atoms with Gasteiger partial charge in [0.05, 0.1) is 7.11 Å². The minimum Gasteiger partial charge on any atom is -0.496 e. The lowest BCUT2D eigenvalue weighted by Crippen LogP contribution is -2.55. The summed E-state index contributed by atoms with van der Waals surface area (Å²) >= 11 is 0. The number of carbonyl (C=O) groups is 2. The molecule has 5 nitrogen and oxygen atoms in total. The molecule has 1 heterocycles. The number of hydrogen-bond acceptors (Lipinski definition) is 3. The second-order valence-corrected chi connectivity index (χ2v) is 14.7. The number of methoxy groups -OCH3 is 1. The molecular weight excluding hydrogens is 582 g/mol. The highest BCUT2D eigenvalue weighted by Crippen LogP contribution is 2.41. The van der Waals surface area contributed by atoms with Crippen molar-refractivity contribution in [3.63, 3.8) is 0 Å². The van der Waals surface area contributed by atoms with Crippen LogP contribution in [0.4, 0.5) is 8.78 Å². The molecule has 0 aromatic heterocycles. The first-order valence-corrected chi connectivity index (χ1v) is 16.4. The Hall–Kier alpha value is -3.74. The number of unbranched alkanes of at least 4 members (excludes halogenated alkanes) is 1. The lowest BCUT2D eigenvalue weighted by molar-refractivity contribution is -0.133. The highest BCUT2D eigenvalue weighted by atomic mass is 19.1. The molecule has 2 amide bonds. The van der Waals surface area contributed by atoms with E-state index in [0.29, 0.717) is 38.0 Å². The van der Waals surface area contributed by atoms with Crippen molar-refractivity contribution in [1.82, 2.24) is 9.80 Å². The normalized spacial score (nSPS) is 15.8. The summed E-state index contributed by atoms with van der Waals surface area (Å²) in [6, 6.07) is 16.7. The molecule has 46 heavy (non-hydrogen) atoms. The summed E-state index contributed by atoms with van der Waals surface area (Å²) in [5.41, 5.74) is 4.18. The van der Waals surface area contributed by atoms with Crippen molar-refractivity contribution >= 4 is 11.8 Å². The lowest BCUT2D eigenvalue weighted by atomic mass is 9.78. The molecular formula is C39H50F2N2O3. The number of nitrogens with zero attached hydrogens (tertiary/aromatic N) is 2. The van der Waals surface area contributed by atoms with Crippen LogP contribution in [0.2, 0.25) is 0 Å². The summed E-state index contributed by atoms with van der Waals surface area (Å²) in [6.07, 6.45) is 2.69. The van der Waals surface area contributed by atoms with Gasteiger partial charge in [-0.05, 0) is 78.1 Å². The third-order valence-corrected chi connectivity index (χ3v) is 9.08. The Morgan fingerprint density at radius 1 is 0.826 bits per heavy atom. The van der Waals surface area contributed by atoms with Crippen LogP contribution in [-0.4, -0.2) is 54.4 Å². The Balaban J connectivity index is 1.38. The average Bonchev–Trinajstić information content (AvgIpc) is 3.00. The second-order valence-electron chi connectivity index (χ2n) is 14.7. The van der Waals surface area contributed by atoms with E-state index in [1.165, 1.54) is 24.3 Å². The van der Waals surface area contributed by atoms with Gasteiger partial charge in [0.1, 0.15) is 17.4 Å². The zero-order chi connectivity index (χ0) is 33.8. The monoisotopic (exact) mass is 632 g/mol. The molecule has 0 aliphatic carbocycles. The SMILES string of the molecule is COc1c(C(C)(C)C)cc(C(=O)N2CCN(C(=O)CCCCC(c3ccc(F)cc3)c3ccc(F)cc3)CC2C)cc1C(C)(C)C. The van der Waals surface area contributed by atoms with Gasteiger partial charge in [0.2, 0.25) is 5.91 Å². The maximum Gasteiger partial charge on any atom is 0.254 e. The van der Waals surface area contributed by atoms with Gasteiger partial charge in [0, 0.05) is 54.7 Å². The van der Waals surface area contributed by atoms with Crippen LogP contribution in [0.5, 0.6) is 5.75 Å². The smallest absolute Gasteiger partial charge is 0.254 e. The molecule has 1 fully saturated rings. The Morgan fingerprint density at radius 2 is 1.33 bits per heavy atom. The number of hydrogen-bond donors (Lipinski definition) is 0. The first-order chi connectivity index (χ1) is 21.6. The van der Waals surface area contributed by atoms with Gasteiger partial charge in [-0.2, -0.15) is 0 Å². The number of piperazine rings is 1. The lowest BCUT2D eigenvalue weighted by Gasteiger charge is -2.40. The fraction of sp³-hybridized carbons (Fsp3) is 0.487. The van der Waals surface area contributed by atoms with Gasteiger partial charge in [-0.15, -0.1) is 0 Å². The van der Waals surface area contributed by atoms with Crippen molar-refractivity contribution in [1.29, 1.82) is 0 Å². The molecule has 0 spiro atoms. The fourth-order valence-electron chi connectivity index (χ4n) is 6.44. The van der Waals surface area contributed by atoms with E-state index < -0.39 is 0 Å². The Morgan fingerprint density at radius 3 is 1.76 bits per heavy atom. The van der Waals surface area contributed by atoms with Crippen LogP contribution in [0.15, 0.2) is 60.7 Å². The summed E-state index contributed by atoms with van der Waals surface area (Å²) in [6.45, 7) is 16.2. The Kier molecular flexibility index (Phi) is 11.0. The van der Waals surface area contributed by atoms with Gasteiger partial charge in [0.25, 0.3) is 5.91 Å². The first kappa shape index (κ1) is 35.1. The molecule has 0 bridgehead atoms. The maximum absolute atomic E-state index is 13.9. The van der Waals surface area contributed by atoms with Crippen LogP contribution >= 0.6 is 0 Å². The number of rotatable bonds is 9. The van der Waals surface area contributed by atoms with E-state index in [4.69, 9.17) is 4.74 Å². The van der Waals surface area contributed by atoms with Crippen LogP contribution < -0.4 is 4.74 Å². The van der Waals surface area contributed by atoms with Gasteiger partial charge in [-0.1, -0.05) is 72.2 Å². The number of halogens is 2. The zero-order valence-electron chi connectivity index (χ0n) is 28.8. The maximum atomic E-state index is 13.9. The van der Waals surface area contributed by atoms with Gasteiger partial charge < -0.3 is 14.5 Å². The van der Waals surface area contributed by atoms with Crippen molar-refractivity contribution in [2.24, 2.45) is 0 Å². The van der Waals surface area contributed by atoms with Crippen LogP contribution in [-0.2, 0) is 15.6 Å². The summed E-state index contributed by atoms with van der Waals surface area (Å²) in [5, 5.41) is 0. The predicted molar refractivity (Wildman–Crippen MR) is 181 cm³/mol. The van der Waals surface area contributed by atoms with Crippen molar-refractivity contribution in [3.05, 3.63) is 100 Å². The third kappa shape index (κ3) is 8.34. The molecule has 0 radical (unpaired) electrons. The van der Waals surface area contributed by atoms with E-state index in [2.05, 4.69) is 41.5 Å². The molecule has 4 rings (SSSR count). The summed E-state index contributed by atoms with van der Waals surface area (Å²) < 4.78 is 33.1. The van der Waals surface area contributed by atoms with Crippen LogP contribution in [0.3, 0.4) is 0 Å². The molecule has 1 saturated heterocycles. The largest absolute Gasteiger partial charge is 0.496 e. The second kappa shape index (κ2) is 14.4. The molecule has 0 saturated carbocycles. The van der Waals surface area contributed by atoms with Gasteiger partial charge in [0.15, 0.2) is 0 Å². The topological polar surface area (TPSA) is 49.9 Å². The van der Waals surface area contributed by atoms with E-state index >= 15 is 0 Å². The highest BCUT2D eigenvalue weighted by Gasteiger charge is 2.33. The van der Waals surface area contributed by atoms with Gasteiger partial charge >= 0.3 is 0 Å². The summed E-state index contributed by atoms with van der Waals surface area (Å²) in [5.74, 6) is 0.301. The minimum atomic E-state index is -0.295. The predicted octanol–water partition coefficient (Wildman–Crippen LogP) is 8.63. The first-order valence-electron chi connectivity index (χ1n) is 16.4. The fourth-order valence-corrected chi connectivity index (χ4v) is 6.44. The molecule has 1 atom stereocenters. The van der Waals surface area contributed by atoms with Gasteiger partial charge in [-0.25, -0.2) is 8.78 Å². The Bertz CT molecular complexity index is 1420. The molecule has 7 heteroatoms. The number of benzene rings is 3. The zero-order valence-corrected chi connectivity index (χ0v) is 28.8. The van der Waals surface area contributed by atoms with E-state index in [0.717, 1.165) is 40.8 Å². The van der Waals surface area contributed by atoms with Gasteiger partial charge in [-0.3, -0.25) is 9.59 Å².